The average molecular weight is 695 g/mol. The number of fused-ring (bicyclic) bond motifs is 9. The minimum atomic E-state index is 0.444. The van der Waals surface area contributed by atoms with Crippen molar-refractivity contribution in [1.82, 2.24) is 14.5 Å². The van der Waals surface area contributed by atoms with Crippen LogP contribution < -0.4 is 0 Å². The van der Waals surface area contributed by atoms with Gasteiger partial charge in [0.05, 0.1) is 33.5 Å². The molecule has 0 radical (unpaired) electrons. The SMILES string of the molecule is N#Cc1c(-c2ccccc2)nc(-c2ccc3c(c2)oc2cccc(-n4c5ccccc5c5cc6c(cc54)sc4ccccc46)c23)nc1-c1ccccc1. The Hall–Kier alpha value is -7.07. The van der Waals surface area contributed by atoms with Crippen molar-refractivity contribution in [2.45, 2.75) is 0 Å². The molecule has 0 saturated carbocycles. The summed E-state index contributed by atoms with van der Waals surface area (Å²) >= 11 is 1.84. The number of nitrogens with zero attached hydrogens (tertiary/aromatic N) is 4. The van der Waals surface area contributed by atoms with Gasteiger partial charge in [-0.15, -0.1) is 11.3 Å². The number of benzene rings is 7. The molecule has 0 unspecified atom stereocenters. The molecule has 0 aliphatic heterocycles. The van der Waals surface area contributed by atoms with E-state index in [9.17, 15) is 5.26 Å². The van der Waals surface area contributed by atoms with Gasteiger partial charge in [-0.3, -0.25) is 0 Å². The van der Waals surface area contributed by atoms with E-state index in [0.717, 1.165) is 55.3 Å². The van der Waals surface area contributed by atoms with Crippen molar-refractivity contribution in [3.63, 3.8) is 0 Å². The molecule has 0 aliphatic carbocycles. The Balaban J connectivity index is 1.14. The Morgan fingerprint density at radius 3 is 1.96 bits per heavy atom. The molecule has 4 aromatic heterocycles. The maximum Gasteiger partial charge on any atom is 0.160 e. The first kappa shape index (κ1) is 29.6. The van der Waals surface area contributed by atoms with Crippen LogP contribution in [-0.2, 0) is 0 Å². The summed E-state index contributed by atoms with van der Waals surface area (Å²) < 4.78 is 11.6. The Labute approximate surface area is 307 Å². The van der Waals surface area contributed by atoms with Crippen LogP contribution in [0.5, 0.6) is 0 Å². The molecule has 0 spiro atoms. The van der Waals surface area contributed by atoms with Crippen LogP contribution in [0.2, 0.25) is 0 Å². The number of aromatic nitrogens is 3. The summed E-state index contributed by atoms with van der Waals surface area (Å²) in [6, 6.07) is 56.6. The lowest BCUT2D eigenvalue weighted by Gasteiger charge is -2.12. The molecule has 0 atom stereocenters. The molecule has 246 valence electrons. The zero-order valence-electron chi connectivity index (χ0n) is 28.1. The second-order valence-corrected chi connectivity index (χ2v) is 14.3. The van der Waals surface area contributed by atoms with Crippen molar-refractivity contribution in [3.05, 3.63) is 163 Å². The summed E-state index contributed by atoms with van der Waals surface area (Å²) in [6.45, 7) is 0. The zero-order chi connectivity index (χ0) is 35.0. The van der Waals surface area contributed by atoms with Crippen LogP contribution in [0.15, 0.2) is 162 Å². The highest BCUT2D eigenvalue weighted by Gasteiger charge is 2.22. The second-order valence-electron chi connectivity index (χ2n) is 13.2. The fraction of sp³-hybridized carbons (Fsp3) is 0. The van der Waals surface area contributed by atoms with Crippen molar-refractivity contribution in [2.24, 2.45) is 0 Å². The monoisotopic (exact) mass is 694 g/mol. The highest BCUT2D eigenvalue weighted by Crippen LogP contribution is 2.43. The van der Waals surface area contributed by atoms with E-state index in [-0.39, 0.29) is 0 Å². The van der Waals surface area contributed by atoms with Gasteiger partial charge in [-0.05, 0) is 48.5 Å². The lowest BCUT2D eigenvalue weighted by molar-refractivity contribution is 0.669. The standard InChI is InChI=1S/C47H26N4OS/c48-27-36-45(28-12-3-1-4-13-28)49-47(50-46(36)29-14-5-2-6-15-29)30-22-23-33-41(24-30)52-40-20-11-19-38(44(33)40)51-37-18-9-7-16-31(37)34-25-35-32-17-8-10-21-42(32)53-43(35)26-39(34)51/h1-26H. The van der Waals surface area contributed by atoms with Gasteiger partial charge in [-0.2, -0.15) is 5.26 Å². The molecular formula is C47H26N4OS. The Kier molecular flexibility index (Phi) is 6.42. The molecule has 11 rings (SSSR count). The van der Waals surface area contributed by atoms with Gasteiger partial charge in [0.1, 0.15) is 22.8 Å². The Bertz CT molecular complexity index is 3230. The largest absolute Gasteiger partial charge is 0.456 e. The van der Waals surface area contributed by atoms with Crippen LogP contribution in [-0.4, -0.2) is 14.5 Å². The molecular weight excluding hydrogens is 669 g/mol. The number of nitriles is 1. The first-order valence-corrected chi connectivity index (χ1v) is 18.3. The topological polar surface area (TPSA) is 67.6 Å². The van der Waals surface area contributed by atoms with Crippen molar-refractivity contribution in [2.75, 3.05) is 0 Å². The third-order valence-electron chi connectivity index (χ3n) is 10.3. The van der Waals surface area contributed by atoms with Gasteiger partial charge in [0.15, 0.2) is 5.82 Å². The number of para-hydroxylation sites is 1. The summed E-state index contributed by atoms with van der Waals surface area (Å²) in [6.07, 6.45) is 0. The number of hydrogen-bond acceptors (Lipinski definition) is 5. The van der Waals surface area contributed by atoms with Gasteiger partial charge in [-0.1, -0.05) is 109 Å². The molecule has 53 heavy (non-hydrogen) atoms. The molecule has 0 fully saturated rings. The minimum absolute atomic E-state index is 0.444. The number of rotatable bonds is 4. The van der Waals surface area contributed by atoms with Crippen LogP contribution in [0.25, 0.3) is 104 Å². The van der Waals surface area contributed by atoms with Gasteiger partial charge < -0.3 is 8.98 Å². The van der Waals surface area contributed by atoms with Gasteiger partial charge in [0.25, 0.3) is 0 Å². The normalized spacial score (nSPS) is 11.8. The van der Waals surface area contributed by atoms with Crippen molar-refractivity contribution < 1.29 is 4.42 Å². The third-order valence-corrected chi connectivity index (χ3v) is 11.4. The maximum atomic E-state index is 10.4. The van der Waals surface area contributed by atoms with E-state index in [2.05, 4.69) is 95.6 Å². The molecule has 6 heteroatoms. The fourth-order valence-corrected chi connectivity index (χ4v) is 9.01. The average Bonchev–Trinajstić information content (AvgIpc) is 3.89. The summed E-state index contributed by atoms with van der Waals surface area (Å²) in [5, 5.41) is 17.5. The van der Waals surface area contributed by atoms with E-state index in [1.807, 2.05) is 84.1 Å². The van der Waals surface area contributed by atoms with E-state index < -0.39 is 0 Å². The van der Waals surface area contributed by atoms with E-state index in [0.29, 0.717) is 22.8 Å². The maximum absolute atomic E-state index is 10.4. The molecule has 0 saturated heterocycles. The van der Waals surface area contributed by atoms with Crippen LogP contribution in [0.1, 0.15) is 5.56 Å². The molecule has 0 N–H and O–H groups in total. The number of furan rings is 1. The van der Waals surface area contributed by atoms with E-state index in [4.69, 9.17) is 14.4 Å². The van der Waals surface area contributed by atoms with Crippen LogP contribution >= 0.6 is 11.3 Å². The van der Waals surface area contributed by atoms with Crippen LogP contribution in [0.3, 0.4) is 0 Å². The van der Waals surface area contributed by atoms with Crippen LogP contribution in [0, 0.1) is 11.3 Å². The Morgan fingerprint density at radius 2 is 1.21 bits per heavy atom. The Morgan fingerprint density at radius 1 is 0.509 bits per heavy atom. The molecule has 0 amide bonds. The van der Waals surface area contributed by atoms with Gasteiger partial charge in [-0.25, -0.2) is 9.97 Å². The lowest BCUT2D eigenvalue weighted by Crippen LogP contribution is -2.01. The summed E-state index contributed by atoms with van der Waals surface area (Å²) in [4.78, 5) is 10.0. The van der Waals surface area contributed by atoms with Gasteiger partial charge in [0.2, 0.25) is 0 Å². The lowest BCUT2D eigenvalue weighted by atomic mass is 10.00. The highest BCUT2D eigenvalue weighted by atomic mass is 32.1. The number of hydrogen-bond donors (Lipinski definition) is 0. The number of thiophene rings is 1. The highest BCUT2D eigenvalue weighted by molar-refractivity contribution is 7.25. The minimum Gasteiger partial charge on any atom is -0.456 e. The molecule has 11 aromatic rings. The molecule has 0 aliphatic rings. The van der Waals surface area contributed by atoms with Crippen molar-refractivity contribution in [3.8, 4) is 45.7 Å². The van der Waals surface area contributed by atoms with E-state index in [1.165, 1.54) is 30.9 Å². The van der Waals surface area contributed by atoms with Gasteiger partial charge in [0, 0.05) is 53.0 Å². The predicted molar refractivity (Wildman–Crippen MR) is 218 cm³/mol. The fourth-order valence-electron chi connectivity index (χ4n) is 7.89. The van der Waals surface area contributed by atoms with Crippen LogP contribution in [0.4, 0.5) is 0 Å². The third kappa shape index (κ3) is 4.48. The molecule has 5 nitrogen and oxygen atoms in total. The molecule has 0 bridgehead atoms. The van der Waals surface area contributed by atoms with E-state index in [1.54, 1.807) is 0 Å². The van der Waals surface area contributed by atoms with Crippen molar-refractivity contribution >= 4 is 75.3 Å². The van der Waals surface area contributed by atoms with E-state index >= 15 is 0 Å². The summed E-state index contributed by atoms with van der Waals surface area (Å²) in [5.74, 6) is 0.527. The smallest absolute Gasteiger partial charge is 0.160 e. The second kappa shape index (κ2) is 11.5. The van der Waals surface area contributed by atoms with Gasteiger partial charge >= 0.3 is 0 Å². The first-order chi connectivity index (χ1) is 26.2. The summed E-state index contributed by atoms with van der Waals surface area (Å²) in [5.41, 5.74) is 9.09. The molecule has 4 heterocycles. The predicted octanol–water partition coefficient (Wildman–Crippen LogP) is 12.7. The quantitative estimate of drug-likeness (QED) is 0.184. The zero-order valence-corrected chi connectivity index (χ0v) is 28.9. The molecule has 7 aromatic carbocycles. The first-order valence-electron chi connectivity index (χ1n) is 17.5. The van der Waals surface area contributed by atoms with Crippen molar-refractivity contribution in [1.29, 1.82) is 5.26 Å². The summed E-state index contributed by atoms with van der Waals surface area (Å²) in [7, 11) is 0.